The molecule has 9 nitrogen and oxygen atoms in total. The van der Waals surface area contributed by atoms with Gasteiger partial charge in [0.1, 0.15) is 23.9 Å². The molecule has 1 aromatic heterocycles. The summed E-state index contributed by atoms with van der Waals surface area (Å²) in [6.45, 7) is 9.77. The van der Waals surface area contributed by atoms with E-state index in [1.807, 2.05) is 46.8 Å². The molecule has 0 spiro atoms. The molecule has 3 rings (SSSR count). The summed E-state index contributed by atoms with van der Waals surface area (Å²) in [5.74, 6) is -0.644. The molecule has 2 aromatic carbocycles. The largest absolute Gasteiger partial charge is 0.508 e. The molecule has 39 heavy (non-hydrogen) atoms. The van der Waals surface area contributed by atoms with E-state index < -0.39 is 24.0 Å². The lowest BCUT2D eigenvalue weighted by atomic mass is 9.84. The number of phenolic OH excluding ortho intramolecular Hbond substituents is 1. The Morgan fingerprint density at radius 2 is 1.74 bits per heavy atom. The first-order valence-electron chi connectivity index (χ1n) is 13.0. The zero-order valence-electron chi connectivity index (χ0n) is 23.4. The zero-order valence-corrected chi connectivity index (χ0v) is 23.4. The Labute approximate surface area is 229 Å². The predicted octanol–water partition coefficient (Wildman–Crippen LogP) is 3.40. The van der Waals surface area contributed by atoms with E-state index in [1.54, 1.807) is 25.2 Å². The van der Waals surface area contributed by atoms with Gasteiger partial charge in [-0.3, -0.25) is 9.59 Å². The van der Waals surface area contributed by atoms with Crippen LogP contribution in [0.15, 0.2) is 48.8 Å². The fraction of sp³-hybridized carbons (Fsp3) is 0.448. The van der Waals surface area contributed by atoms with E-state index in [4.69, 9.17) is 5.73 Å². The predicted molar refractivity (Wildman–Crippen MR) is 147 cm³/mol. The molecule has 0 fully saturated rings. The molecular weight excluding hydrogens is 499 g/mol. The number of nitrogens with one attached hydrogen (secondary N) is 2. The number of likely N-dealkylation sites (N-methyl/N-ethyl adjacent to an activating group) is 1. The van der Waals surface area contributed by atoms with E-state index in [-0.39, 0.29) is 35.2 Å². The normalized spacial score (nSPS) is 14.1. The fourth-order valence-corrected chi connectivity index (χ4v) is 4.69. The number of H-pyrrole nitrogens is 1. The van der Waals surface area contributed by atoms with Gasteiger partial charge in [0.15, 0.2) is 5.82 Å². The van der Waals surface area contributed by atoms with Crippen molar-refractivity contribution in [2.45, 2.75) is 71.0 Å². The van der Waals surface area contributed by atoms with Crippen LogP contribution in [0, 0.1) is 11.7 Å². The van der Waals surface area contributed by atoms with Gasteiger partial charge in [-0.1, -0.05) is 58.9 Å². The van der Waals surface area contributed by atoms with Gasteiger partial charge in [0, 0.05) is 7.05 Å². The van der Waals surface area contributed by atoms with Crippen molar-refractivity contribution < 1.29 is 19.1 Å². The van der Waals surface area contributed by atoms with Gasteiger partial charge >= 0.3 is 0 Å². The molecule has 0 aliphatic rings. The molecule has 0 saturated heterocycles. The van der Waals surface area contributed by atoms with Crippen molar-refractivity contribution in [3.05, 3.63) is 77.1 Å². The molecule has 0 bridgehead atoms. The average Bonchev–Trinajstić information content (AvgIpc) is 3.40. The maximum atomic E-state index is 13.6. The van der Waals surface area contributed by atoms with Crippen molar-refractivity contribution in [1.82, 2.24) is 25.4 Å². The first-order valence-corrected chi connectivity index (χ1v) is 13.0. The first kappa shape index (κ1) is 29.8. The summed E-state index contributed by atoms with van der Waals surface area (Å²) in [5.41, 5.74) is 8.35. The number of hydrogen-bond donors (Lipinski definition) is 4. The van der Waals surface area contributed by atoms with Crippen LogP contribution in [0.5, 0.6) is 5.75 Å². The minimum atomic E-state index is -0.896. The van der Waals surface area contributed by atoms with Crippen molar-refractivity contribution in [1.29, 1.82) is 0 Å². The lowest BCUT2D eigenvalue weighted by Gasteiger charge is -2.33. The summed E-state index contributed by atoms with van der Waals surface area (Å²) < 4.78 is 13.3. The Bertz CT molecular complexity index is 1260. The Hall–Kier alpha value is -3.79. The summed E-state index contributed by atoms with van der Waals surface area (Å²) in [6, 6.07) is 8.96. The minimum absolute atomic E-state index is 0.212. The van der Waals surface area contributed by atoms with Crippen LogP contribution < -0.4 is 11.1 Å². The first-order chi connectivity index (χ1) is 18.3. The van der Waals surface area contributed by atoms with E-state index in [0.717, 1.165) is 16.7 Å². The van der Waals surface area contributed by atoms with Gasteiger partial charge in [-0.15, -0.1) is 10.2 Å². The summed E-state index contributed by atoms with van der Waals surface area (Å²) in [4.78, 5) is 31.2. The third-order valence-electron chi connectivity index (χ3n) is 6.74. The van der Waals surface area contributed by atoms with Crippen molar-refractivity contribution in [2.75, 3.05) is 7.05 Å². The number of phenols is 1. The number of halogens is 1. The molecule has 3 unspecified atom stereocenters. The van der Waals surface area contributed by atoms with Crippen LogP contribution >= 0.6 is 0 Å². The second-order valence-corrected chi connectivity index (χ2v) is 11.3. The van der Waals surface area contributed by atoms with E-state index >= 15 is 0 Å². The second kappa shape index (κ2) is 12.4. The van der Waals surface area contributed by atoms with Gasteiger partial charge in [0.2, 0.25) is 11.8 Å². The van der Waals surface area contributed by atoms with Crippen LogP contribution in [0.3, 0.4) is 0 Å². The van der Waals surface area contributed by atoms with Gasteiger partial charge in [-0.25, -0.2) is 4.39 Å². The average molecular weight is 539 g/mol. The van der Waals surface area contributed by atoms with Crippen molar-refractivity contribution in [3.8, 4) is 5.75 Å². The van der Waals surface area contributed by atoms with Gasteiger partial charge in [-0.05, 0) is 59.1 Å². The molecule has 210 valence electrons. The summed E-state index contributed by atoms with van der Waals surface area (Å²) in [7, 11) is 1.57. The van der Waals surface area contributed by atoms with Crippen LogP contribution in [0.1, 0.15) is 63.2 Å². The molecule has 2 amide bonds. The van der Waals surface area contributed by atoms with Crippen LogP contribution in [0.25, 0.3) is 0 Å². The maximum absolute atomic E-state index is 13.6. The number of rotatable bonds is 10. The van der Waals surface area contributed by atoms with Crippen LogP contribution in [-0.2, 0) is 27.8 Å². The smallest absolute Gasteiger partial charge is 0.243 e. The van der Waals surface area contributed by atoms with Crippen LogP contribution in [-0.4, -0.2) is 56.1 Å². The number of nitrogens with zero attached hydrogens (tertiary/aromatic N) is 3. The molecule has 3 atom stereocenters. The lowest BCUT2D eigenvalue weighted by molar-refractivity contribution is -0.141. The Morgan fingerprint density at radius 3 is 2.31 bits per heavy atom. The van der Waals surface area contributed by atoms with Crippen molar-refractivity contribution in [3.63, 3.8) is 0 Å². The Morgan fingerprint density at radius 1 is 1.10 bits per heavy atom. The van der Waals surface area contributed by atoms with Crippen molar-refractivity contribution >= 4 is 11.8 Å². The van der Waals surface area contributed by atoms with E-state index in [0.29, 0.717) is 12.2 Å². The number of nitrogens with two attached hydrogens (primary N) is 1. The molecule has 3 aromatic rings. The van der Waals surface area contributed by atoms with Gasteiger partial charge in [-0.2, -0.15) is 0 Å². The highest BCUT2D eigenvalue weighted by Crippen LogP contribution is 2.32. The highest BCUT2D eigenvalue weighted by Gasteiger charge is 2.34. The second-order valence-electron chi connectivity index (χ2n) is 11.3. The number of aromatic nitrogens is 3. The standard InChI is InChI=1S/C29H39FN6O3/c1-17(2)25(36(6)28(39)22(31)14-18-7-10-20(30)11-8-18)27(38)34-23(26-32-16-33-35-26)15-19-9-12-24(37)21(13-19)29(3,4)5/h7-13,16-17,22-23,25,37H,14-15,31H2,1-6H3,(H,34,38)(H,32,33,35). The molecule has 0 aliphatic heterocycles. The maximum Gasteiger partial charge on any atom is 0.243 e. The number of carbonyl (C=O) groups is 2. The monoisotopic (exact) mass is 538 g/mol. The lowest BCUT2D eigenvalue weighted by Crippen LogP contribution is -2.55. The highest BCUT2D eigenvalue weighted by molar-refractivity contribution is 5.90. The molecule has 0 saturated carbocycles. The zero-order chi connectivity index (χ0) is 28.9. The SMILES string of the molecule is CC(C)C(C(=O)NC(Cc1ccc(O)c(C(C)(C)C)c1)c1nnc[nH]1)N(C)C(=O)C(N)Cc1ccc(F)cc1. The molecule has 5 N–H and O–H groups in total. The summed E-state index contributed by atoms with van der Waals surface area (Å²) >= 11 is 0. The third-order valence-corrected chi connectivity index (χ3v) is 6.74. The highest BCUT2D eigenvalue weighted by atomic mass is 19.1. The van der Waals surface area contributed by atoms with Crippen LogP contribution in [0.2, 0.25) is 0 Å². The Balaban J connectivity index is 1.80. The molecule has 0 radical (unpaired) electrons. The molecule has 0 aliphatic carbocycles. The topological polar surface area (TPSA) is 137 Å². The summed E-state index contributed by atoms with van der Waals surface area (Å²) in [6.07, 6.45) is 2.04. The number of amides is 2. The molecule has 1 heterocycles. The van der Waals surface area contributed by atoms with Crippen molar-refractivity contribution in [2.24, 2.45) is 11.7 Å². The number of carbonyl (C=O) groups excluding carboxylic acids is 2. The number of benzene rings is 2. The van der Waals surface area contributed by atoms with Gasteiger partial charge in [0.05, 0.1) is 12.1 Å². The van der Waals surface area contributed by atoms with E-state index in [1.165, 1.54) is 23.4 Å². The van der Waals surface area contributed by atoms with Gasteiger partial charge < -0.3 is 26.0 Å². The van der Waals surface area contributed by atoms with Crippen LogP contribution in [0.4, 0.5) is 4.39 Å². The van der Waals surface area contributed by atoms with Gasteiger partial charge in [0.25, 0.3) is 0 Å². The number of hydrogen-bond acceptors (Lipinski definition) is 6. The number of aromatic hydroxyl groups is 1. The summed E-state index contributed by atoms with van der Waals surface area (Å²) in [5, 5.41) is 21.4. The quantitative estimate of drug-likeness (QED) is 0.312. The van der Waals surface area contributed by atoms with E-state index in [9.17, 15) is 19.1 Å². The fourth-order valence-electron chi connectivity index (χ4n) is 4.69. The number of aromatic amines is 1. The molecule has 10 heteroatoms. The Kier molecular flexibility index (Phi) is 9.45. The molecular formula is C29H39FN6O3. The minimum Gasteiger partial charge on any atom is -0.508 e. The van der Waals surface area contributed by atoms with E-state index in [2.05, 4.69) is 20.5 Å². The third kappa shape index (κ3) is 7.63.